The molecule has 0 aromatic heterocycles. The Hall–Kier alpha value is -3.00. The van der Waals surface area contributed by atoms with Crippen molar-refractivity contribution in [2.24, 2.45) is 20.5 Å². The fourth-order valence-corrected chi connectivity index (χ4v) is 5.88. The number of phenols is 1. The minimum atomic E-state index is -4.87. The van der Waals surface area contributed by atoms with Crippen LogP contribution in [0.2, 0.25) is 0 Å². The summed E-state index contributed by atoms with van der Waals surface area (Å²) >= 11 is 0.533. The van der Waals surface area contributed by atoms with Gasteiger partial charge >= 0.3 is 0 Å². The highest BCUT2D eigenvalue weighted by Crippen LogP contribution is 2.49. The molecule has 0 aliphatic carbocycles. The van der Waals surface area contributed by atoms with Crippen LogP contribution in [0.15, 0.2) is 71.5 Å². The smallest absolute Gasteiger partial charge is 0.295 e. The third kappa shape index (κ3) is 8.06. The van der Waals surface area contributed by atoms with Crippen molar-refractivity contribution in [1.82, 2.24) is 0 Å². The van der Waals surface area contributed by atoms with Gasteiger partial charge in [0.25, 0.3) is 10.1 Å². The average molecular weight is 654 g/mol. The monoisotopic (exact) mass is 653 g/mol. The van der Waals surface area contributed by atoms with Crippen molar-refractivity contribution in [2.45, 2.75) is 14.7 Å². The van der Waals surface area contributed by atoms with Gasteiger partial charge in [-0.1, -0.05) is 10.1 Å². The zero-order valence-corrected chi connectivity index (χ0v) is 23.6. The summed E-state index contributed by atoms with van der Waals surface area (Å²) in [6.07, 6.45) is 0. The molecule has 0 saturated carbocycles. The molecule has 3 aromatic rings. The Labute approximate surface area is 239 Å². The van der Waals surface area contributed by atoms with Gasteiger partial charge in [0, 0.05) is 12.4 Å². The van der Waals surface area contributed by atoms with Crippen LogP contribution in [-0.2, 0) is 42.9 Å². The van der Waals surface area contributed by atoms with Crippen LogP contribution in [0.4, 0.5) is 22.7 Å². The second kappa shape index (κ2) is 14.3. The van der Waals surface area contributed by atoms with Crippen LogP contribution in [0.5, 0.6) is 5.75 Å². The molecule has 41 heavy (non-hydrogen) atoms. The highest BCUT2D eigenvalue weighted by Gasteiger charge is 2.25. The molecule has 6 N–H and O–H groups in total. The third-order valence-corrected chi connectivity index (χ3v) is 8.55. The zero-order chi connectivity index (χ0) is 30.2. The second-order valence-corrected chi connectivity index (χ2v) is 12.1. The van der Waals surface area contributed by atoms with Crippen molar-refractivity contribution in [1.29, 1.82) is 0 Å². The standard InChI is InChI=1S/C19H19N5O13S4/c1-21-23-13-9-15(41(30,31)32)12-8-14(38-36-34-26)18(19(25)16(12)17(13)20)24-22-10-2-4-11(5-3-10)40(28,29)7-6-33-39-37-35-27/h2-5,8-9,25-27H,6-7,20H2,1H3,(H,30,31,32). The number of hydrogen-bond donors (Lipinski definition) is 5. The average Bonchev–Trinajstić information content (AvgIpc) is 2.92. The molecule has 0 radical (unpaired) electrons. The molecule has 0 atom stereocenters. The van der Waals surface area contributed by atoms with Gasteiger partial charge in [0.2, 0.25) is 0 Å². The molecular weight excluding hydrogens is 634 g/mol. The molecule has 0 fully saturated rings. The Bertz CT molecular complexity index is 1670. The first-order chi connectivity index (χ1) is 19.4. The van der Waals surface area contributed by atoms with Gasteiger partial charge in [-0.25, -0.2) is 18.9 Å². The van der Waals surface area contributed by atoms with Crippen molar-refractivity contribution in [3.63, 3.8) is 0 Å². The Kier molecular flexibility index (Phi) is 11.3. The zero-order valence-electron chi connectivity index (χ0n) is 20.3. The van der Waals surface area contributed by atoms with E-state index in [9.17, 15) is 26.5 Å². The fraction of sp³-hybridized carbons (Fsp3) is 0.158. The van der Waals surface area contributed by atoms with Gasteiger partial charge in [-0.2, -0.15) is 23.8 Å². The summed E-state index contributed by atoms with van der Waals surface area (Å²) in [6.45, 7) is -0.289. The Balaban J connectivity index is 2.05. The van der Waals surface area contributed by atoms with Gasteiger partial charge in [-0.05, 0) is 36.4 Å². The van der Waals surface area contributed by atoms with Crippen LogP contribution in [0.1, 0.15) is 0 Å². The molecule has 0 amide bonds. The number of benzene rings is 3. The highest BCUT2D eigenvalue weighted by molar-refractivity contribution is 7.94. The summed E-state index contributed by atoms with van der Waals surface area (Å²) in [7, 11) is -7.36. The van der Waals surface area contributed by atoms with E-state index in [2.05, 4.69) is 39.2 Å². The predicted molar refractivity (Wildman–Crippen MR) is 142 cm³/mol. The van der Waals surface area contributed by atoms with Gasteiger partial charge in [0.1, 0.15) is 16.3 Å². The molecule has 0 bridgehead atoms. The van der Waals surface area contributed by atoms with E-state index in [0.717, 1.165) is 12.1 Å². The maximum absolute atomic E-state index is 12.4. The number of nitrogens with zero attached hydrogens (tertiary/aromatic N) is 4. The van der Waals surface area contributed by atoms with E-state index in [-0.39, 0.29) is 62.2 Å². The maximum Gasteiger partial charge on any atom is 0.295 e. The minimum Gasteiger partial charge on any atom is -0.505 e. The molecular formula is C19H19N5O13S4. The molecule has 22 heteroatoms. The molecule has 0 aliphatic heterocycles. The Morgan fingerprint density at radius 2 is 1.66 bits per heavy atom. The summed E-state index contributed by atoms with van der Waals surface area (Å²) in [6, 6.07) is 7.14. The van der Waals surface area contributed by atoms with Crippen LogP contribution >= 0.6 is 24.4 Å². The summed E-state index contributed by atoms with van der Waals surface area (Å²) in [5.41, 5.74) is 5.50. The molecule has 3 aromatic carbocycles. The van der Waals surface area contributed by atoms with E-state index < -0.39 is 36.4 Å². The van der Waals surface area contributed by atoms with Crippen LogP contribution in [-0.4, -0.2) is 56.4 Å². The van der Waals surface area contributed by atoms with Gasteiger partial charge in [-0.15, -0.1) is 13.8 Å². The van der Waals surface area contributed by atoms with E-state index in [0.29, 0.717) is 12.0 Å². The van der Waals surface area contributed by atoms with E-state index in [1.54, 1.807) is 0 Å². The number of azo groups is 2. The van der Waals surface area contributed by atoms with Gasteiger partial charge in [0.15, 0.2) is 27.9 Å². The van der Waals surface area contributed by atoms with Crippen molar-refractivity contribution in [3.05, 3.63) is 36.4 Å². The maximum atomic E-state index is 12.4. The molecule has 0 saturated heterocycles. The van der Waals surface area contributed by atoms with Crippen molar-refractivity contribution in [2.75, 3.05) is 25.1 Å². The van der Waals surface area contributed by atoms with Crippen LogP contribution < -0.4 is 5.73 Å². The third-order valence-electron chi connectivity index (χ3n) is 4.96. The first-order valence-corrected chi connectivity index (χ1v) is 15.0. The van der Waals surface area contributed by atoms with Gasteiger partial charge < -0.3 is 10.8 Å². The highest BCUT2D eigenvalue weighted by atomic mass is 32.2. The number of hydrogen-bond acceptors (Lipinski definition) is 19. The quantitative estimate of drug-likeness (QED) is 0.0300. The van der Waals surface area contributed by atoms with Crippen molar-refractivity contribution < 1.29 is 59.9 Å². The van der Waals surface area contributed by atoms with E-state index in [4.69, 9.17) is 20.4 Å². The number of nitrogen functional groups attached to an aromatic ring is 1. The largest absolute Gasteiger partial charge is 0.505 e. The van der Waals surface area contributed by atoms with Gasteiger partial charge in [-0.3, -0.25) is 8.74 Å². The molecule has 18 nitrogen and oxygen atoms in total. The number of sulfone groups is 1. The van der Waals surface area contributed by atoms with Crippen molar-refractivity contribution >= 4 is 77.8 Å². The lowest BCUT2D eigenvalue weighted by molar-refractivity contribution is -0.434. The predicted octanol–water partition coefficient (Wildman–Crippen LogP) is 4.71. The first kappa shape index (κ1) is 32.5. The topological polar surface area (TPSA) is 271 Å². The van der Waals surface area contributed by atoms with E-state index in [1.165, 1.54) is 31.3 Å². The molecule has 0 spiro atoms. The second-order valence-electron chi connectivity index (χ2n) is 7.35. The lowest BCUT2D eigenvalue weighted by atomic mass is 10.0. The minimum absolute atomic E-state index is 0.0780. The number of rotatable bonds is 14. The Morgan fingerprint density at radius 3 is 2.27 bits per heavy atom. The van der Waals surface area contributed by atoms with Crippen LogP contribution in [0.3, 0.4) is 0 Å². The number of phenolic OH excluding ortho intramolecular Hbond substituents is 1. The number of anilines is 1. The normalized spacial score (nSPS) is 12.7. The number of fused-ring (bicyclic) bond motifs is 1. The molecule has 0 unspecified atom stereocenters. The summed E-state index contributed by atoms with van der Waals surface area (Å²) in [5.74, 6) is -1.14. The van der Waals surface area contributed by atoms with Crippen LogP contribution in [0.25, 0.3) is 10.8 Å². The SMILES string of the molecule is CN=Nc1cc(S(=O)(=O)O)c2cc(SOOO)c(N=Nc3ccc(S(=O)(=O)CCOSOOO)cc3)c(O)c2c1N. The molecule has 0 aliphatic rings. The van der Waals surface area contributed by atoms with Gasteiger partial charge in [0.05, 0.1) is 51.0 Å². The van der Waals surface area contributed by atoms with E-state index >= 15 is 0 Å². The van der Waals surface area contributed by atoms with Crippen molar-refractivity contribution in [3.8, 4) is 5.75 Å². The first-order valence-electron chi connectivity index (χ1n) is 10.5. The molecule has 0 heterocycles. The fourth-order valence-electron chi connectivity index (χ4n) is 3.28. The summed E-state index contributed by atoms with van der Waals surface area (Å²) in [4.78, 5) is -0.898. The lowest BCUT2D eigenvalue weighted by Gasteiger charge is -2.14. The van der Waals surface area contributed by atoms with Crippen LogP contribution in [0, 0.1) is 0 Å². The number of nitrogens with two attached hydrogens (primary N) is 1. The molecule has 3 rings (SSSR count). The summed E-state index contributed by atoms with van der Waals surface area (Å²) in [5, 5.41) is 49.2. The lowest BCUT2D eigenvalue weighted by Crippen LogP contribution is -2.10. The Morgan fingerprint density at radius 1 is 0.976 bits per heavy atom. The molecule has 222 valence electrons. The van der Waals surface area contributed by atoms with E-state index in [1.807, 2.05) is 0 Å². The number of aromatic hydroxyl groups is 1. The summed E-state index contributed by atoms with van der Waals surface area (Å²) < 4.78 is 72.0.